The van der Waals surface area contributed by atoms with E-state index in [2.05, 4.69) is 0 Å². The van der Waals surface area contributed by atoms with E-state index in [0.717, 1.165) is 5.56 Å². The maximum Gasteiger partial charge on any atom is 0.248 e. The van der Waals surface area contributed by atoms with Gasteiger partial charge in [-0.3, -0.25) is 4.79 Å². The minimum Gasteiger partial charge on any atom is -0.508 e. The Morgan fingerprint density at radius 2 is 1.90 bits per heavy atom. The van der Waals surface area contributed by atoms with Gasteiger partial charge in [0.05, 0.1) is 0 Å². The molecule has 0 aliphatic heterocycles. The Morgan fingerprint density at radius 3 is 2.50 bits per heavy atom. The third kappa shape index (κ3) is 2.85. The Bertz CT molecular complexity index is 588. The Balaban J connectivity index is 2.13. The summed E-state index contributed by atoms with van der Waals surface area (Å²) in [4.78, 5) is 14.3. The molecule has 1 heterocycles. The van der Waals surface area contributed by atoms with E-state index in [-0.39, 0.29) is 11.7 Å². The molecule has 2 aromatic rings. The molecule has 0 radical (unpaired) electrons. The van der Waals surface area contributed by atoms with Gasteiger partial charge in [0.2, 0.25) is 5.91 Å². The van der Waals surface area contributed by atoms with E-state index in [4.69, 9.17) is 0 Å². The lowest BCUT2D eigenvalue weighted by molar-refractivity contribution is -0.138. The van der Waals surface area contributed by atoms with E-state index in [0.29, 0.717) is 6.54 Å². The van der Waals surface area contributed by atoms with Crippen molar-refractivity contribution in [2.75, 3.05) is 7.05 Å². The first-order valence-corrected chi connectivity index (χ1v) is 6.58. The average molecular weight is 272 g/mol. The van der Waals surface area contributed by atoms with Crippen LogP contribution < -0.4 is 0 Å². The number of phenols is 1. The van der Waals surface area contributed by atoms with E-state index >= 15 is 0 Å². The highest BCUT2D eigenvalue weighted by Gasteiger charge is 2.31. The van der Waals surface area contributed by atoms with Crippen LogP contribution in [0.3, 0.4) is 0 Å². The topological polar surface area (TPSA) is 45.5 Å². The number of hydrogen-bond acceptors (Lipinski definition) is 2. The summed E-state index contributed by atoms with van der Waals surface area (Å²) in [5.74, 6) is 0.241. The minimum absolute atomic E-state index is 0.0250. The molecule has 0 fully saturated rings. The second-order valence-electron chi connectivity index (χ2n) is 5.48. The largest absolute Gasteiger partial charge is 0.508 e. The predicted octanol–water partition coefficient (Wildman–Crippen LogP) is 2.59. The van der Waals surface area contributed by atoms with E-state index in [1.165, 1.54) is 0 Å². The van der Waals surface area contributed by atoms with E-state index in [1.807, 2.05) is 49.0 Å². The first-order valence-electron chi connectivity index (χ1n) is 6.58. The molecule has 2 rings (SSSR count). The third-order valence-corrected chi connectivity index (χ3v) is 3.45. The SMILES string of the molecule is CN(Cc1cccc(O)c1)C(=O)C(C)(C)n1cccc1. The summed E-state index contributed by atoms with van der Waals surface area (Å²) in [6, 6.07) is 10.8. The zero-order valence-corrected chi connectivity index (χ0v) is 12.1. The van der Waals surface area contributed by atoms with Gasteiger partial charge in [0.15, 0.2) is 0 Å². The van der Waals surface area contributed by atoms with E-state index in [9.17, 15) is 9.90 Å². The number of benzene rings is 1. The molecule has 0 aliphatic rings. The molecule has 1 aromatic heterocycles. The monoisotopic (exact) mass is 272 g/mol. The maximum atomic E-state index is 12.6. The van der Waals surface area contributed by atoms with Crippen molar-refractivity contribution in [2.45, 2.75) is 25.9 Å². The smallest absolute Gasteiger partial charge is 0.248 e. The molecule has 0 aliphatic carbocycles. The van der Waals surface area contributed by atoms with Crippen LogP contribution in [0.25, 0.3) is 0 Å². The molecular weight excluding hydrogens is 252 g/mol. The van der Waals surface area contributed by atoms with Gasteiger partial charge in [-0.15, -0.1) is 0 Å². The summed E-state index contributed by atoms with van der Waals surface area (Å²) in [5, 5.41) is 9.47. The second-order valence-corrected chi connectivity index (χ2v) is 5.48. The van der Waals surface area contributed by atoms with Crippen LogP contribution in [0.4, 0.5) is 0 Å². The summed E-state index contributed by atoms with van der Waals surface area (Å²) in [5.41, 5.74) is 0.277. The van der Waals surface area contributed by atoms with Crippen molar-refractivity contribution >= 4 is 5.91 Å². The normalized spacial score (nSPS) is 11.3. The summed E-state index contributed by atoms with van der Waals surface area (Å²) >= 11 is 0. The van der Waals surface area contributed by atoms with E-state index < -0.39 is 5.54 Å². The molecule has 0 atom stereocenters. The second kappa shape index (κ2) is 5.41. The quantitative estimate of drug-likeness (QED) is 0.929. The molecule has 0 unspecified atom stereocenters. The van der Waals surface area contributed by atoms with Gasteiger partial charge in [0.25, 0.3) is 0 Å². The predicted molar refractivity (Wildman–Crippen MR) is 78.3 cm³/mol. The number of aromatic hydroxyl groups is 1. The Hall–Kier alpha value is -2.23. The van der Waals surface area contributed by atoms with Crippen LogP contribution in [0.1, 0.15) is 19.4 Å². The number of phenolic OH excluding ortho intramolecular Hbond substituents is 1. The molecule has 20 heavy (non-hydrogen) atoms. The van der Waals surface area contributed by atoms with Crippen molar-refractivity contribution in [1.29, 1.82) is 0 Å². The van der Waals surface area contributed by atoms with Crippen molar-refractivity contribution in [3.63, 3.8) is 0 Å². The lowest BCUT2D eigenvalue weighted by Gasteiger charge is -2.31. The van der Waals surface area contributed by atoms with Gasteiger partial charge < -0.3 is 14.6 Å². The van der Waals surface area contributed by atoms with Crippen LogP contribution in [-0.4, -0.2) is 27.5 Å². The van der Waals surface area contributed by atoms with Crippen molar-refractivity contribution in [3.8, 4) is 5.75 Å². The van der Waals surface area contributed by atoms with Gasteiger partial charge in [-0.05, 0) is 43.7 Å². The Kier molecular flexibility index (Phi) is 3.84. The molecule has 0 bridgehead atoms. The fourth-order valence-electron chi connectivity index (χ4n) is 2.29. The van der Waals surface area contributed by atoms with Crippen LogP contribution in [0.2, 0.25) is 0 Å². The number of likely N-dealkylation sites (N-methyl/N-ethyl adjacent to an activating group) is 1. The highest BCUT2D eigenvalue weighted by molar-refractivity contribution is 5.83. The van der Waals surface area contributed by atoms with Crippen molar-refractivity contribution in [3.05, 3.63) is 54.4 Å². The zero-order valence-electron chi connectivity index (χ0n) is 12.1. The molecule has 1 aromatic carbocycles. The molecular formula is C16H20N2O2. The fraction of sp³-hybridized carbons (Fsp3) is 0.312. The van der Waals surface area contributed by atoms with Crippen molar-refractivity contribution in [1.82, 2.24) is 9.47 Å². The van der Waals surface area contributed by atoms with Gasteiger partial charge in [-0.25, -0.2) is 0 Å². The Labute approximate surface area is 119 Å². The van der Waals surface area contributed by atoms with Crippen molar-refractivity contribution in [2.24, 2.45) is 0 Å². The fourth-order valence-corrected chi connectivity index (χ4v) is 2.29. The molecule has 1 amide bonds. The number of hydrogen-bond donors (Lipinski definition) is 1. The number of carbonyl (C=O) groups is 1. The summed E-state index contributed by atoms with van der Waals surface area (Å²) in [6.07, 6.45) is 3.78. The number of rotatable bonds is 4. The van der Waals surface area contributed by atoms with Gasteiger partial charge in [0.1, 0.15) is 11.3 Å². The lowest BCUT2D eigenvalue weighted by Crippen LogP contribution is -2.44. The minimum atomic E-state index is -0.630. The lowest BCUT2D eigenvalue weighted by atomic mass is 10.0. The molecule has 0 saturated carbocycles. The van der Waals surface area contributed by atoms with Gasteiger partial charge in [-0.1, -0.05) is 12.1 Å². The van der Waals surface area contributed by atoms with Crippen LogP contribution in [-0.2, 0) is 16.9 Å². The van der Waals surface area contributed by atoms with E-state index in [1.54, 1.807) is 30.1 Å². The molecule has 0 spiro atoms. The standard InChI is InChI=1S/C16H20N2O2/c1-16(2,18-9-4-5-10-18)15(20)17(3)12-13-7-6-8-14(19)11-13/h4-11,19H,12H2,1-3H3. The zero-order chi connectivity index (χ0) is 14.8. The van der Waals surface area contributed by atoms with Crippen LogP contribution >= 0.6 is 0 Å². The van der Waals surface area contributed by atoms with Crippen LogP contribution in [0.15, 0.2) is 48.8 Å². The van der Waals surface area contributed by atoms with Crippen LogP contribution in [0, 0.1) is 0 Å². The first-order chi connectivity index (χ1) is 9.41. The molecule has 0 saturated heterocycles. The highest BCUT2D eigenvalue weighted by atomic mass is 16.3. The number of nitrogens with zero attached hydrogens (tertiary/aromatic N) is 2. The first kappa shape index (κ1) is 14.2. The number of carbonyl (C=O) groups excluding carboxylic acids is 1. The summed E-state index contributed by atoms with van der Waals surface area (Å²) in [7, 11) is 1.78. The molecule has 4 heteroatoms. The molecule has 4 nitrogen and oxygen atoms in total. The average Bonchev–Trinajstić information content (AvgIpc) is 2.92. The van der Waals surface area contributed by atoms with Gasteiger partial charge >= 0.3 is 0 Å². The number of aromatic nitrogens is 1. The van der Waals surface area contributed by atoms with Gasteiger partial charge in [-0.2, -0.15) is 0 Å². The molecule has 106 valence electrons. The maximum absolute atomic E-state index is 12.6. The summed E-state index contributed by atoms with van der Waals surface area (Å²) < 4.78 is 1.90. The highest BCUT2D eigenvalue weighted by Crippen LogP contribution is 2.20. The Morgan fingerprint density at radius 1 is 1.25 bits per heavy atom. The van der Waals surface area contributed by atoms with Gasteiger partial charge in [0, 0.05) is 26.0 Å². The molecule has 1 N–H and O–H groups in total. The van der Waals surface area contributed by atoms with Crippen LogP contribution in [0.5, 0.6) is 5.75 Å². The number of amides is 1. The van der Waals surface area contributed by atoms with Crippen molar-refractivity contribution < 1.29 is 9.90 Å². The summed E-state index contributed by atoms with van der Waals surface area (Å²) in [6.45, 7) is 4.26. The third-order valence-electron chi connectivity index (χ3n) is 3.45.